The number of rotatable bonds is 3. The molecule has 1 aliphatic rings. The van der Waals surface area contributed by atoms with Crippen LogP contribution < -0.4 is 4.90 Å². The van der Waals surface area contributed by atoms with Crippen LogP contribution in [-0.2, 0) is 9.84 Å². The molecule has 2 rings (SSSR count). The van der Waals surface area contributed by atoms with Crippen molar-refractivity contribution in [2.45, 2.75) is 23.8 Å². The summed E-state index contributed by atoms with van der Waals surface area (Å²) in [5.41, 5.74) is 0.392. The quantitative estimate of drug-likeness (QED) is 0.855. The molecule has 2 N–H and O–H groups in total. The van der Waals surface area contributed by atoms with Gasteiger partial charge in [0.25, 0.3) is 0 Å². The SMILES string of the molecule is CS(=O)(=O)c1cc(C(=O)O)ccc1N1CCCC(O)C1. The predicted molar refractivity (Wildman–Crippen MR) is 74.0 cm³/mol. The van der Waals surface area contributed by atoms with Gasteiger partial charge in [-0.3, -0.25) is 0 Å². The maximum Gasteiger partial charge on any atom is 0.335 e. The van der Waals surface area contributed by atoms with Crippen LogP contribution >= 0.6 is 0 Å². The molecule has 0 saturated carbocycles. The minimum atomic E-state index is -3.54. The third-order valence-electron chi connectivity index (χ3n) is 3.34. The lowest BCUT2D eigenvalue weighted by molar-refractivity contribution is 0.0696. The lowest BCUT2D eigenvalue weighted by atomic mass is 10.1. The number of hydrogen-bond donors (Lipinski definition) is 2. The maximum atomic E-state index is 11.9. The maximum absolute atomic E-state index is 11.9. The van der Waals surface area contributed by atoms with E-state index in [4.69, 9.17) is 5.11 Å². The van der Waals surface area contributed by atoms with Gasteiger partial charge in [-0.05, 0) is 31.0 Å². The van der Waals surface area contributed by atoms with E-state index in [9.17, 15) is 18.3 Å². The smallest absolute Gasteiger partial charge is 0.335 e. The Morgan fingerprint density at radius 2 is 2.10 bits per heavy atom. The van der Waals surface area contributed by atoms with Crippen molar-refractivity contribution in [2.75, 3.05) is 24.2 Å². The molecule has 20 heavy (non-hydrogen) atoms. The molecule has 1 saturated heterocycles. The molecule has 1 aromatic carbocycles. The lowest BCUT2D eigenvalue weighted by Crippen LogP contribution is -2.38. The van der Waals surface area contributed by atoms with Gasteiger partial charge in [0, 0.05) is 19.3 Å². The first-order valence-electron chi connectivity index (χ1n) is 6.29. The van der Waals surface area contributed by atoms with Gasteiger partial charge in [0.2, 0.25) is 0 Å². The highest BCUT2D eigenvalue weighted by Crippen LogP contribution is 2.29. The van der Waals surface area contributed by atoms with Gasteiger partial charge in [-0.15, -0.1) is 0 Å². The van der Waals surface area contributed by atoms with Crippen molar-refractivity contribution in [3.63, 3.8) is 0 Å². The fourth-order valence-electron chi connectivity index (χ4n) is 2.38. The van der Waals surface area contributed by atoms with Gasteiger partial charge in [-0.2, -0.15) is 0 Å². The van der Waals surface area contributed by atoms with Crippen molar-refractivity contribution in [3.8, 4) is 0 Å². The number of benzene rings is 1. The van der Waals surface area contributed by atoms with Gasteiger partial charge in [0.15, 0.2) is 9.84 Å². The van der Waals surface area contributed by atoms with Crippen LogP contribution in [0.1, 0.15) is 23.2 Å². The zero-order valence-corrected chi connectivity index (χ0v) is 11.9. The molecule has 1 aromatic rings. The Morgan fingerprint density at radius 1 is 1.40 bits per heavy atom. The van der Waals surface area contributed by atoms with E-state index in [1.165, 1.54) is 18.2 Å². The molecule has 1 unspecified atom stereocenters. The first kappa shape index (κ1) is 14.8. The molecule has 6 nitrogen and oxygen atoms in total. The second-order valence-electron chi connectivity index (χ2n) is 5.00. The molecule has 1 fully saturated rings. The average Bonchev–Trinajstić information content (AvgIpc) is 2.37. The molecule has 110 valence electrons. The summed E-state index contributed by atoms with van der Waals surface area (Å²) >= 11 is 0. The summed E-state index contributed by atoms with van der Waals surface area (Å²) in [6, 6.07) is 4.05. The van der Waals surface area contributed by atoms with E-state index in [1.54, 1.807) is 4.90 Å². The number of nitrogens with zero attached hydrogens (tertiary/aromatic N) is 1. The number of carbonyl (C=O) groups is 1. The molecule has 0 radical (unpaired) electrons. The van der Waals surface area contributed by atoms with E-state index >= 15 is 0 Å². The topological polar surface area (TPSA) is 94.9 Å². The Kier molecular flexibility index (Phi) is 4.01. The van der Waals surface area contributed by atoms with Crippen molar-refractivity contribution in [3.05, 3.63) is 23.8 Å². The third-order valence-corrected chi connectivity index (χ3v) is 4.47. The molecule has 1 aliphatic heterocycles. The number of piperidine rings is 1. The second-order valence-corrected chi connectivity index (χ2v) is 6.99. The summed E-state index contributed by atoms with van der Waals surface area (Å²) < 4.78 is 23.7. The van der Waals surface area contributed by atoms with E-state index in [2.05, 4.69) is 0 Å². The predicted octanol–water partition coefficient (Wildman–Crippen LogP) is 0.749. The zero-order valence-electron chi connectivity index (χ0n) is 11.1. The van der Waals surface area contributed by atoms with Gasteiger partial charge in [0.05, 0.1) is 22.3 Å². The van der Waals surface area contributed by atoms with Crippen LogP contribution in [0.25, 0.3) is 0 Å². The fourth-order valence-corrected chi connectivity index (χ4v) is 3.30. The standard InChI is InChI=1S/C13H17NO5S/c1-20(18,19)12-7-9(13(16)17)4-5-11(12)14-6-2-3-10(15)8-14/h4-5,7,10,15H,2-3,6,8H2,1H3,(H,16,17). The summed E-state index contributed by atoms with van der Waals surface area (Å²) in [7, 11) is -3.54. The molecule has 0 aromatic heterocycles. The molecule has 7 heteroatoms. The molecule has 0 aliphatic carbocycles. The summed E-state index contributed by atoms with van der Waals surface area (Å²) in [5, 5.41) is 18.7. The summed E-state index contributed by atoms with van der Waals surface area (Å²) in [5.74, 6) is -1.17. The Hall–Kier alpha value is -1.60. The minimum Gasteiger partial charge on any atom is -0.478 e. The van der Waals surface area contributed by atoms with E-state index in [0.717, 1.165) is 12.7 Å². The number of aliphatic hydroxyl groups excluding tert-OH is 1. The lowest BCUT2D eigenvalue weighted by Gasteiger charge is -2.33. The first-order valence-corrected chi connectivity index (χ1v) is 8.18. The van der Waals surface area contributed by atoms with Gasteiger partial charge in [-0.25, -0.2) is 13.2 Å². The number of aliphatic hydroxyl groups is 1. The molecule has 1 atom stereocenters. The fraction of sp³-hybridized carbons (Fsp3) is 0.462. The van der Waals surface area contributed by atoms with E-state index in [-0.39, 0.29) is 10.5 Å². The molecule has 1 heterocycles. The molecular formula is C13H17NO5S. The molecular weight excluding hydrogens is 282 g/mol. The van der Waals surface area contributed by atoms with Crippen LogP contribution in [0.2, 0.25) is 0 Å². The number of anilines is 1. The van der Waals surface area contributed by atoms with Crippen LogP contribution in [0.4, 0.5) is 5.69 Å². The monoisotopic (exact) mass is 299 g/mol. The Balaban J connectivity index is 2.49. The van der Waals surface area contributed by atoms with Crippen molar-refractivity contribution in [1.82, 2.24) is 0 Å². The van der Waals surface area contributed by atoms with Crippen molar-refractivity contribution < 1.29 is 23.4 Å². The molecule has 0 bridgehead atoms. The van der Waals surface area contributed by atoms with E-state index in [0.29, 0.717) is 25.2 Å². The highest BCUT2D eigenvalue weighted by Gasteiger charge is 2.24. The largest absolute Gasteiger partial charge is 0.478 e. The van der Waals surface area contributed by atoms with Crippen LogP contribution in [0.3, 0.4) is 0 Å². The third kappa shape index (κ3) is 3.10. The van der Waals surface area contributed by atoms with Gasteiger partial charge >= 0.3 is 5.97 Å². The number of sulfone groups is 1. The van der Waals surface area contributed by atoms with Crippen LogP contribution in [0.5, 0.6) is 0 Å². The van der Waals surface area contributed by atoms with Gasteiger partial charge in [0.1, 0.15) is 0 Å². The highest BCUT2D eigenvalue weighted by atomic mass is 32.2. The van der Waals surface area contributed by atoms with Crippen molar-refractivity contribution in [1.29, 1.82) is 0 Å². The summed E-state index contributed by atoms with van der Waals surface area (Å²) in [6.45, 7) is 1.00. The number of β-amino-alcohol motifs (C(OH)–C–C–N with tert-alkyl or cyclic N) is 1. The number of aromatic carboxylic acids is 1. The molecule has 0 spiro atoms. The zero-order chi connectivity index (χ0) is 14.9. The number of carboxylic acid groups (broad SMARTS) is 1. The van der Waals surface area contributed by atoms with Crippen LogP contribution in [0.15, 0.2) is 23.1 Å². The minimum absolute atomic E-state index is 0.00787. The molecule has 0 amide bonds. The van der Waals surface area contributed by atoms with Crippen LogP contribution in [0, 0.1) is 0 Å². The normalized spacial score (nSPS) is 19.9. The summed E-state index contributed by atoms with van der Waals surface area (Å²) in [6.07, 6.45) is 2.02. The Bertz CT molecular complexity index is 626. The number of carboxylic acids is 1. The Morgan fingerprint density at radius 3 is 2.65 bits per heavy atom. The Labute approximate surface area is 117 Å². The first-order chi connectivity index (χ1) is 9.29. The van der Waals surface area contributed by atoms with Gasteiger partial charge in [-0.1, -0.05) is 0 Å². The van der Waals surface area contributed by atoms with Crippen LogP contribution in [-0.4, -0.2) is 50.0 Å². The highest BCUT2D eigenvalue weighted by molar-refractivity contribution is 7.90. The van der Waals surface area contributed by atoms with Crippen molar-refractivity contribution >= 4 is 21.5 Å². The van der Waals surface area contributed by atoms with Gasteiger partial charge < -0.3 is 15.1 Å². The average molecular weight is 299 g/mol. The van der Waals surface area contributed by atoms with E-state index < -0.39 is 21.9 Å². The van der Waals surface area contributed by atoms with Crippen molar-refractivity contribution in [2.24, 2.45) is 0 Å². The number of hydrogen-bond acceptors (Lipinski definition) is 5. The second kappa shape index (κ2) is 5.41. The summed E-state index contributed by atoms with van der Waals surface area (Å²) in [4.78, 5) is 12.8. The van der Waals surface area contributed by atoms with E-state index in [1.807, 2.05) is 0 Å².